The van der Waals surface area contributed by atoms with Crippen molar-refractivity contribution in [2.75, 3.05) is 26.2 Å². The van der Waals surface area contributed by atoms with Crippen molar-refractivity contribution in [3.8, 4) is 0 Å². The summed E-state index contributed by atoms with van der Waals surface area (Å²) in [4.78, 5) is 21.9. The molecule has 0 aromatic heterocycles. The monoisotopic (exact) mass is 430 g/mol. The van der Waals surface area contributed by atoms with E-state index in [0.29, 0.717) is 12.2 Å². The SMILES string of the molecule is Fc1ccc(C2(N3CCNCC3)C3CC4CC(C3)CC2C4)cc1.O=C(O)/C=C\C(=O)O. The zero-order valence-corrected chi connectivity index (χ0v) is 17.7. The highest BCUT2D eigenvalue weighted by atomic mass is 19.1. The number of hydrogen-bond donors (Lipinski definition) is 3. The molecule has 4 bridgehead atoms. The summed E-state index contributed by atoms with van der Waals surface area (Å²) in [5, 5.41) is 19.1. The fourth-order valence-corrected chi connectivity index (χ4v) is 6.97. The van der Waals surface area contributed by atoms with Gasteiger partial charge in [0.25, 0.3) is 0 Å². The summed E-state index contributed by atoms with van der Waals surface area (Å²) in [5.41, 5.74) is 1.58. The van der Waals surface area contributed by atoms with E-state index in [1.54, 1.807) is 12.1 Å². The van der Waals surface area contributed by atoms with Crippen LogP contribution < -0.4 is 5.32 Å². The average molecular weight is 431 g/mol. The Balaban J connectivity index is 0.000000250. The van der Waals surface area contributed by atoms with Gasteiger partial charge < -0.3 is 15.5 Å². The van der Waals surface area contributed by atoms with Gasteiger partial charge in [-0.3, -0.25) is 4.90 Å². The third-order valence-electron chi connectivity index (χ3n) is 7.70. The molecule has 1 heterocycles. The highest BCUT2D eigenvalue weighted by molar-refractivity contribution is 5.89. The summed E-state index contributed by atoms with van der Waals surface area (Å²) in [6.07, 6.45) is 8.18. The normalized spacial score (nSPS) is 34.4. The molecule has 3 N–H and O–H groups in total. The molecule has 4 saturated carbocycles. The van der Waals surface area contributed by atoms with Crippen molar-refractivity contribution in [1.29, 1.82) is 0 Å². The van der Waals surface area contributed by atoms with E-state index in [2.05, 4.69) is 22.3 Å². The Morgan fingerprint density at radius 3 is 1.84 bits per heavy atom. The minimum atomic E-state index is -1.26. The van der Waals surface area contributed by atoms with Crippen molar-refractivity contribution < 1.29 is 24.2 Å². The van der Waals surface area contributed by atoms with E-state index in [1.807, 2.05) is 0 Å². The number of nitrogens with one attached hydrogen (secondary N) is 1. The van der Waals surface area contributed by atoms with Crippen LogP contribution in [0.25, 0.3) is 0 Å². The molecule has 0 radical (unpaired) electrons. The molecule has 1 aliphatic heterocycles. The van der Waals surface area contributed by atoms with Gasteiger partial charge in [0.15, 0.2) is 0 Å². The smallest absolute Gasteiger partial charge is 0.328 e. The van der Waals surface area contributed by atoms with Crippen molar-refractivity contribution in [1.82, 2.24) is 10.2 Å². The van der Waals surface area contributed by atoms with E-state index < -0.39 is 11.9 Å². The van der Waals surface area contributed by atoms with Gasteiger partial charge in [-0.15, -0.1) is 0 Å². The molecule has 5 aliphatic rings. The van der Waals surface area contributed by atoms with Crippen molar-refractivity contribution in [2.24, 2.45) is 23.7 Å². The summed E-state index contributed by atoms with van der Waals surface area (Å²) >= 11 is 0. The molecule has 1 aromatic carbocycles. The molecule has 1 saturated heterocycles. The Hall–Kier alpha value is -2.25. The molecular formula is C24H31FN2O4. The molecule has 4 aliphatic carbocycles. The fourth-order valence-electron chi connectivity index (χ4n) is 6.97. The number of halogens is 1. The lowest BCUT2D eigenvalue weighted by molar-refractivity contribution is -0.145. The average Bonchev–Trinajstić information content (AvgIpc) is 2.74. The third kappa shape index (κ3) is 4.39. The number of rotatable bonds is 4. The Labute approximate surface area is 182 Å². The molecule has 168 valence electrons. The van der Waals surface area contributed by atoms with E-state index in [4.69, 9.17) is 10.2 Å². The summed E-state index contributed by atoms with van der Waals surface area (Å²) in [6, 6.07) is 7.56. The molecule has 1 aromatic rings. The van der Waals surface area contributed by atoms with Crippen LogP contribution in [0.15, 0.2) is 36.4 Å². The molecule has 7 heteroatoms. The van der Waals surface area contributed by atoms with Gasteiger partial charge in [-0.05, 0) is 73.5 Å². The van der Waals surface area contributed by atoms with E-state index in [9.17, 15) is 14.0 Å². The maximum atomic E-state index is 13.6. The summed E-state index contributed by atoms with van der Waals surface area (Å²) in [5.74, 6) is 0.875. The second-order valence-electron chi connectivity index (χ2n) is 9.38. The predicted octanol–water partition coefficient (Wildman–Crippen LogP) is 3.09. The lowest BCUT2D eigenvalue weighted by atomic mass is 9.46. The lowest BCUT2D eigenvalue weighted by Gasteiger charge is -2.65. The minimum absolute atomic E-state index is 0.104. The zero-order valence-electron chi connectivity index (χ0n) is 17.7. The highest BCUT2D eigenvalue weighted by Crippen LogP contribution is 2.64. The van der Waals surface area contributed by atoms with E-state index in [1.165, 1.54) is 37.7 Å². The molecule has 0 unspecified atom stereocenters. The fraction of sp³-hybridized carbons (Fsp3) is 0.583. The molecule has 0 atom stereocenters. The summed E-state index contributed by atoms with van der Waals surface area (Å²) in [6.45, 7) is 4.46. The lowest BCUT2D eigenvalue weighted by Crippen LogP contribution is -2.66. The number of aliphatic carboxylic acids is 2. The van der Waals surface area contributed by atoms with Crippen LogP contribution in [0.1, 0.15) is 37.7 Å². The quantitative estimate of drug-likeness (QED) is 0.636. The zero-order chi connectivity index (χ0) is 22.0. The Bertz CT molecular complexity index is 783. The molecule has 5 fully saturated rings. The second kappa shape index (κ2) is 9.09. The number of carbonyl (C=O) groups is 2. The topological polar surface area (TPSA) is 89.9 Å². The van der Waals surface area contributed by atoms with Crippen LogP contribution in [0.3, 0.4) is 0 Å². The molecule has 6 nitrogen and oxygen atoms in total. The first kappa shape index (κ1) is 22.0. The van der Waals surface area contributed by atoms with Gasteiger partial charge in [-0.2, -0.15) is 0 Å². The number of carboxylic acid groups (broad SMARTS) is 2. The van der Waals surface area contributed by atoms with Gasteiger partial charge in [0.05, 0.1) is 5.54 Å². The van der Waals surface area contributed by atoms with Gasteiger partial charge in [0.1, 0.15) is 5.82 Å². The van der Waals surface area contributed by atoms with Crippen LogP contribution in [0.4, 0.5) is 4.39 Å². The van der Waals surface area contributed by atoms with Gasteiger partial charge in [0.2, 0.25) is 0 Å². The molecule has 0 spiro atoms. The van der Waals surface area contributed by atoms with Crippen LogP contribution in [0.5, 0.6) is 0 Å². The predicted molar refractivity (Wildman–Crippen MR) is 114 cm³/mol. The summed E-state index contributed by atoms with van der Waals surface area (Å²) < 4.78 is 13.6. The summed E-state index contributed by atoms with van der Waals surface area (Å²) in [7, 11) is 0. The highest BCUT2D eigenvalue weighted by Gasteiger charge is 2.60. The van der Waals surface area contributed by atoms with Crippen LogP contribution >= 0.6 is 0 Å². The van der Waals surface area contributed by atoms with Crippen molar-refractivity contribution in [3.63, 3.8) is 0 Å². The minimum Gasteiger partial charge on any atom is -0.478 e. The van der Waals surface area contributed by atoms with E-state index in [0.717, 1.165) is 49.9 Å². The number of piperazine rings is 1. The first-order valence-electron chi connectivity index (χ1n) is 11.2. The van der Waals surface area contributed by atoms with Gasteiger partial charge in [-0.1, -0.05) is 12.1 Å². The van der Waals surface area contributed by atoms with Gasteiger partial charge >= 0.3 is 11.9 Å². The van der Waals surface area contributed by atoms with E-state index in [-0.39, 0.29) is 11.4 Å². The number of hydrogen-bond acceptors (Lipinski definition) is 4. The van der Waals surface area contributed by atoms with Crippen LogP contribution in [0.2, 0.25) is 0 Å². The Morgan fingerprint density at radius 2 is 1.39 bits per heavy atom. The number of nitrogens with zero attached hydrogens (tertiary/aromatic N) is 1. The van der Waals surface area contributed by atoms with Crippen molar-refractivity contribution in [3.05, 3.63) is 47.8 Å². The first-order valence-corrected chi connectivity index (χ1v) is 11.2. The first-order chi connectivity index (χ1) is 14.9. The van der Waals surface area contributed by atoms with Gasteiger partial charge in [-0.25, -0.2) is 14.0 Å². The maximum Gasteiger partial charge on any atom is 0.328 e. The molecule has 6 rings (SSSR count). The Morgan fingerprint density at radius 1 is 0.903 bits per heavy atom. The standard InChI is InChI=1S/C20H27FN2.C4H4O4/c21-19-3-1-16(2-4-19)20(23-7-5-22-6-8-23)17-10-14-9-15(12-17)13-18(20)11-14;5-3(6)1-2-4(7)8/h1-4,14-15,17-18,22H,5-13H2;1-2H,(H,5,6)(H,7,8)/b;2-1-. The third-order valence-corrected chi connectivity index (χ3v) is 7.70. The van der Waals surface area contributed by atoms with Gasteiger partial charge in [0, 0.05) is 38.3 Å². The number of carboxylic acids is 2. The molecular weight excluding hydrogens is 399 g/mol. The molecule has 0 amide bonds. The maximum absolute atomic E-state index is 13.6. The largest absolute Gasteiger partial charge is 0.478 e. The number of benzene rings is 1. The van der Waals surface area contributed by atoms with Crippen LogP contribution in [0, 0.1) is 29.5 Å². The Kier molecular flexibility index (Phi) is 6.44. The van der Waals surface area contributed by atoms with Crippen molar-refractivity contribution >= 4 is 11.9 Å². The van der Waals surface area contributed by atoms with Crippen molar-refractivity contribution in [2.45, 2.75) is 37.6 Å². The van der Waals surface area contributed by atoms with E-state index >= 15 is 0 Å². The van der Waals surface area contributed by atoms with Crippen LogP contribution in [-0.2, 0) is 15.1 Å². The molecule has 31 heavy (non-hydrogen) atoms. The van der Waals surface area contributed by atoms with Crippen LogP contribution in [-0.4, -0.2) is 53.2 Å². The second-order valence-corrected chi connectivity index (χ2v) is 9.38.